The van der Waals surface area contributed by atoms with E-state index in [1.165, 1.54) is 12.1 Å². The Bertz CT molecular complexity index is 806. The van der Waals surface area contributed by atoms with Gasteiger partial charge in [0.05, 0.1) is 4.90 Å². The topological polar surface area (TPSA) is 54.5 Å². The van der Waals surface area contributed by atoms with Crippen LogP contribution < -0.4 is 0 Å². The molecule has 0 saturated carbocycles. The Kier molecular flexibility index (Phi) is 6.25. The Morgan fingerprint density at radius 1 is 1.04 bits per heavy atom. The molecule has 0 fully saturated rings. The van der Waals surface area contributed by atoms with Crippen molar-refractivity contribution in [2.45, 2.75) is 30.5 Å². The van der Waals surface area contributed by atoms with Gasteiger partial charge < -0.3 is 4.90 Å². The van der Waals surface area contributed by atoms with E-state index in [9.17, 15) is 22.0 Å². The highest BCUT2D eigenvalue weighted by atomic mass is 32.2. The van der Waals surface area contributed by atoms with Gasteiger partial charge in [-0.15, -0.1) is 0 Å². The van der Waals surface area contributed by atoms with E-state index in [1.807, 2.05) is 37.3 Å². The normalized spacial score (nSPS) is 11.5. The SMILES string of the molecule is CCCN(Cc1ccccc1)C(=O)c1ccc(S(=O)(=O)C(F)F)cc1. The summed E-state index contributed by atoms with van der Waals surface area (Å²) in [5.74, 6) is -3.75. The third kappa shape index (κ3) is 4.63. The second-order valence-corrected chi connectivity index (χ2v) is 7.46. The molecule has 0 bridgehead atoms. The number of hydrogen-bond acceptors (Lipinski definition) is 3. The number of hydrogen-bond donors (Lipinski definition) is 0. The number of amides is 1. The molecule has 0 heterocycles. The van der Waals surface area contributed by atoms with Crippen LogP contribution in [-0.4, -0.2) is 31.5 Å². The molecule has 0 atom stereocenters. The average molecular weight is 367 g/mol. The minimum Gasteiger partial charge on any atom is -0.334 e. The predicted molar refractivity (Wildman–Crippen MR) is 91.1 cm³/mol. The maximum Gasteiger partial charge on any atom is 0.341 e. The average Bonchev–Trinajstić information content (AvgIpc) is 2.61. The van der Waals surface area contributed by atoms with E-state index in [2.05, 4.69) is 0 Å². The third-order valence-corrected chi connectivity index (χ3v) is 5.06. The van der Waals surface area contributed by atoms with Crippen LogP contribution in [0.25, 0.3) is 0 Å². The molecule has 0 N–H and O–H groups in total. The van der Waals surface area contributed by atoms with E-state index in [0.29, 0.717) is 13.1 Å². The fourth-order valence-corrected chi connectivity index (χ4v) is 3.12. The zero-order valence-corrected chi connectivity index (χ0v) is 14.5. The summed E-state index contributed by atoms with van der Waals surface area (Å²) < 4.78 is 48.0. The summed E-state index contributed by atoms with van der Waals surface area (Å²) in [4.78, 5) is 13.8. The van der Waals surface area contributed by atoms with Crippen LogP contribution in [0, 0.1) is 0 Å². The summed E-state index contributed by atoms with van der Waals surface area (Å²) in [6, 6.07) is 14.1. The highest BCUT2D eigenvalue weighted by molar-refractivity contribution is 7.91. The number of carbonyl (C=O) groups is 1. The molecule has 0 aliphatic carbocycles. The van der Waals surface area contributed by atoms with Gasteiger partial charge in [0.1, 0.15) is 0 Å². The number of halogens is 2. The van der Waals surface area contributed by atoms with Gasteiger partial charge >= 0.3 is 5.76 Å². The van der Waals surface area contributed by atoms with Crippen LogP contribution in [0.1, 0.15) is 29.3 Å². The van der Waals surface area contributed by atoms with Crippen molar-refractivity contribution in [1.82, 2.24) is 4.90 Å². The van der Waals surface area contributed by atoms with E-state index in [-0.39, 0.29) is 11.5 Å². The van der Waals surface area contributed by atoms with Crippen molar-refractivity contribution < 1.29 is 22.0 Å². The van der Waals surface area contributed by atoms with Gasteiger partial charge in [-0.3, -0.25) is 4.79 Å². The van der Waals surface area contributed by atoms with Crippen LogP contribution >= 0.6 is 0 Å². The van der Waals surface area contributed by atoms with Crippen molar-refractivity contribution in [1.29, 1.82) is 0 Å². The van der Waals surface area contributed by atoms with Crippen molar-refractivity contribution >= 4 is 15.7 Å². The van der Waals surface area contributed by atoms with Crippen molar-refractivity contribution in [2.75, 3.05) is 6.54 Å². The second kappa shape index (κ2) is 8.20. The van der Waals surface area contributed by atoms with E-state index in [4.69, 9.17) is 0 Å². The van der Waals surface area contributed by atoms with E-state index in [1.54, 1.807) is 4.90 Å². The molecule has 2 rings (SSSR count). The van der Waals surface area contributed by atoms with Crippen LogP contribution in [0.15, 0.2) is 59.5 Å². The molecular formula is C18H19F2NO3S. The lowest BCUT2D eigenvalue weighted by Gasteiger charge is -2.22. The van der Waals surface area contributed by atoms with E-state index in [0.717, 1.165) is 24.1 Å². The summed E-state index contributed by atoms with van der Waals surface area (Å²) in [7, 11) is -4.66. The predicted octanol–water partition coefficient (Wildman–Crippen LogP) is 3.74. The lowest BCUT2D eigenvalue weighted by molar-refractivity contribution is 0.0743. The molecule has 0 spiro atoms. The van der Waals surface area contributed by atoms with Crippen LogP contribution in [0.5, 0.6) is 0 Å². The molecule has 0 aliphatic heterocycles. The number of alkyl halides is 2. The maximum absolute atomic E-state index is 12.7. The standard InChI is InChI=1S/C18H19F2NO3S/c1-2-12-21(13-14-6-4-3-5-7-14)17(22)15-8-10-16(11-9-15)25(23,24)18(19)20/h3-11,18H,2,12-13H2,1H3. The lowest BCUT2D eigenvalue weighted by Crippen LogP contribution is -2.31. The van der Waals surface area contributed by atoms with Gasteiger partial charge in [0.2, 0.25) is 9.84 Å². The van der Waals surface area contributed by atoms with Crippen LogP contribution in [0.3, 0.4) is 0 Å². The first-order valence-electron chi connectivity index (χ1n) is 7.81. The van der Waals surface area contributed by atoms with Gasteiger partial charge in [-0.1, -0.05) is 37.3 Å². The molecule has 25 heavy (non-hydrogen) atoms. The first-order valence-corrected chi connectivity index (χ1v) is 9.36. The largest absolute Gasteiger partial charge is 0.341 e. The number of benzene rings is 2. The van der Waals surface area contributed by atoms with Gasteiger partial charge in [0.25, 0.3) is 5.91 Å². The number of carbonyl (C=O) groups excluding carboxylic acids is 1. The highest BCUT2D eigenvalue weighted by Gasteiger charge is 2.26. The Morgan fingerprint density at radius 3 is 2.16 bits per heavy atom. The Balaban J connectivity index is 2.22. The summed E-state index contributed by atoms with van der Waals surface area (Å²) in [5.41, 5.74) is 1.23. The number of sulfone groups is 1. The highest BCUT2D eigenvalue weighted by Crippen LogP contribution is 2.19. The minimum atomic E-state index is -4.66. The van der Waals surface area contributed by atoms with Gasteiger partial charge in [0.15, 0.2) is 0 Å². The lowest BCUT2D eigenvalue weighted by atomic mass is 10.1. The molecule has 0 aromatic heterocycles. The zero-order valence-electron chi connectivity index (χ0n) is 13.7. The summed E-state index contributed by atoms with van der Waals surface area (Å²) in [6.07, 6.45) is 0.760. The number of rotatable bonds is 7. The molecule has 134 valence electrons. The molecule has 0 aliphatic rings. The van der Waals surface area contributed by atoms with Crippen LogP contribution in [0.4, 0.5) is 8.78 Å². The fourth-order valence-electron chi connectivity index (χ4n) is 2.40. The van der Waals surface area contributed by atoms with Crippen molar-refractivity contribution in [3.63, 3.8) is 0 Å². The summed E-state index contributed by atoms with van der Waals surface area (Å²) in [6.45, 7) is 2.90. The van der Waals surface area contributed by atoms with Crippen LogP contribution in [0.2, 0.25) is 0 Å². The Hall–Kier alpha value is -2.28. The smallest absolute Gasteiger partial charge is 0.334 e. The monoisotopic (exact) mass is 367 g/mol. The first kappa shape index (κ1) is 19.1. The summed E-state index contributed by atoms with van der Waals surface area (Å²) >= 11 is 0. The Labute approximate surface area is 146 Å². The minimum absolute atomic E-state index is 0.262. The molecule has 0 radical (unpaired) electrons. The van der Waals surface area contributed by atoms with Crippen LogP contribution in [-0.2, 0) is 16.4 Å². The molecule has 2 aromatic carbocycles. The van der Waals surface area contributed by atoms with Gasteiger partial charge in [0, 0.05) is 18.7 Å². The number of nitrogens with zero attached hydrogens (tertiary/aromatic N) is 1. The molecular weight excluding hydrogens is 348 g/mol. The van der Waals surface area contributed by atoms with Crippen molar-refractivity contribution in [3.8, 4) is 0 Å². The molecule has 0 saturated heterocycles. The van der Waals surface area contributed by atoms with Gasteiger partial charge in [-0.25, -0.2) is 8.42 Å². The van der Waals surface area contributed by atoms with Crippen molar-refractivity contribution in [3.05, 3.63) is 65.7 Å². The molecule has 2 aromatic rings. The van der Waals surface area contributed by atoms with Gasteiger partial charge in [-0.05, 0) is 36.2 Å². The third-order valence-electron chi connectivity index (χ3n) is 3.66. The molecule has 1 amide bonds. The second-order valence-electron chi connectivity index (χ2n) is 5.54. The quantitative estimate of drug-likeness (QED) is 0.749. The maximum atomic E-state index is 12.7. The molecule has 0 unspecified atom stereocenters. The molecule has 4 nitrogen and oxygen atoms in total. The summed E-state index contributed by atoms with van der Waals surface area (Å²) in [5, 5.41) is 0. The van der Waals surface area contributed by atoms with Crippen molar-refractivity contribution in [2.24, 2.45) is 0 Å². The first-order chi connectivity index (χ1) is 11.9. The van der Waals surface area contributed by atoms with E-state index < -0.39 is 20.5 Å². The molecule has 7 heteroatoms. The zero-order chi connectivity index (χ0) is 18.4. The Morgan fingerprint density at radius 2 is 1.64 bits per heavy atom. The van der Waals surface area contributed by atoms with Gasteiger partial charge in [-0.2, -0.15) is 8.78 Å². The fraction of sp³-hybridized carbons (Fsp3) is 0.278. The van der Waals surface area contributed by atoms with E-state index >= 15 is 0 Å².